The minimum atomic E-state index is -4.35. The van der Waals surface area contributed by atoms with E-state index in [9.17, 15) is 13.2 Å². The highest BCUT2D eigenvalue weighted by Gasteiger charge is 2.34. The molecule has 0 aliphatic heterocycles. The molecule has 0 aliphatic carbocycles. The molecule has 1 rings (SSSR count). The zero-order chi connectivity index (χ0) is 14.2. The maximum absolute atomic E-state index is 12.4. The third-order valence-electron chi connectivity index (χ3n) is 1.70. The molecule has 0 spiro atoms. The second-order valence-corrected chi connectivity index (χ2v) is 2.82. The smallest absolute Gasteiger partial charge is 0.384 e. The van der Waals surface area contributed by atoms with Crippen LogP contribution in [0.3, 0.4) is 0 Å². The lowest BCUT2D eigenvalue weighted by Gasteiger charge is -2.12. The zero-order valence-electron chi connectivity index (χ0n) is 11.2. The Labute approximate surface area is 101 Å². The lowest BCUT2D eigenvalue weighted by atomic mass is 10.1. The molecule has 0 amide bonds. The van der Waals surface area contributed by atoms with Crippen molar-refractivity contribution in [2.24, 2.45) is 0 Å². The molecule has 1 aromatic heterocycles. The van der Waals surface area contributed by atoms with Crippen LogP contribution in [0.5, 0.6) is 0 Å². The number of aromatic nitrogens is 1. The van der Waals surface area contributed by atoms with E-state index in [0.717, 1.165) is 0 Å². The third-order valence-corrected chi connectivity index (χ3v) is 1.70. The second-order valence-electron chi connectivity index (χ2n) is 2.82. The molecular formula is C12H21F3N2. The number of halogens is 3. The molecule has 2 N–H and O–H groups in total. The molecule has 0 saturated carbocycles. The van der Waals surface area contributed by atoms with Gasteiger partial charge in [-0.15, -0.1) is 0 Å². The van der Waals surface area contributed by atoms with Gasteiger partial charge in [-0.2, -0.15) is 13.2 Å². The average molecular weight is 250 g/mol. The van der Waals surface area contributed by atoms with Gasteiger partial charge < -0.3 is 5.73 Å². The van der Waals surface area contributed by atoms with Gasteiger partial charge in [-0.3, -0.25) is 0 Å². The summed E-state index contributed by atoms with van der Waals surface area (Å²) in [5.41, 5.74) is 4.63. The molecule has 17 heavy (non-hydrogen) atoms. The van der Waals surface area contributed by atoms with E-state index in [1.165, 1.54) is 19.9 Å². The first-order valence-electron chi connectivity index (χ1n) is 5.63. The molecule has 1 heterocycles. The van der Waals surface area contributed by atoms with Crippen molar-refractivity contribution >= 4 is 5.82 Å². The summed E-state index contributed by atoms with van der Waals surface area (Å²) in [4.78, 5) is 3.56. The normalized spacial score (nSPS) is 9.71. The van der Waals surface area contributed by atoms with Crippen LogP contribution in [0.25, 0.3) is 0 Å². The summed E-state index contributed by atoms with van der Waals surface area (Å²) in [6.45, 7) is 10.7. The van der Waals surface area contributed by atoms with Gasteiger partial charge in [0.25, 0.3) is 0 Å². The van der Waals surface area contributed by atoms with E-state index in [1.54, 1.807) is 0 Å². The van der Waals surface area contributed by atoms with Crippen LogP contribution in [-0.4, -0.2) is 4.98 Å². The minimum absolute atomic E-state index is 0.0787. The molecule has 2 nitrogen and oxygen atoms in total. The molecule has 0 aliphatic rings. The molecule has 5 heteroatoms. The number of nitrogens with two attached hydrogens (primary N) is 1. The van der Waals surface area contributed by atoms with Gasteiger partial charge >= 0.3 is 6.18 Å². The predicted molar refractivity (Wildman–Crippen MR) is 65.8 cm³/mol. The number of hydrogen-bond acceptors (Lipinski definition) is 2. The molecule has 0 fully saturated rings. The van der Waals surface area contributed by atoms with E-state index < -0.39 is 11.7 Å². The summed E-state index contributed by atoms with van der Waals surface area (Å²) in [5, 5.41) is 0. The van der Waals surface area contributed by atoms with E-state index in [0.29, 0.717) is 0 Å². The summed E-state index contributed by atoms with van der Waals surface area (Å²) in [5.74, 6) is 0.114. The lowest BCUT2D eigenvalue weighted by molar-refractivity contribution is -0.138. The van der Waals surface area contributed by atoms with Crippen molar-refractivity contribution in [3.8, 4) is 0 Å². The Balaban J connectivity index is 0. The average Bonchev–Trinajstić information content (AvgIpc) is 2.19. The Bertz CT molecular complexity index is 310. The van der Waals surface area contributed by atoms with Crippen LogP contribution >= 0.6 is 0 Å². The Morgan fingerprint density at radius 3 is 1.76 bits per heavy atom. The molecule has 0 saturated heterocycles. The summed E-state index contributed by atoms with van der Waals surface area (Å²) in [6.07, 6.45) is -4.35. The monoisotopic (exact) mass is 250 g/mol. The fourth-order valence-electron chi connectivity index (χ4n) is 1.29. The number of anilines is 1. The number of hydrogen-bond donors (Lipinski definition) is 1. The van der Waals surface area contributed by atoms with E-state index in [2.05, 4.69) is 4.98 Å². The Hall–Kier alpha value is -1.26. The fourth-order valence-corrected chi connectivity index (χ4v) is 1.29. The van der Waals surface area contributed by atoms with E-state index in [1.807, 2.05) is 27.7 Å². The number of rotatable bonds is 0. The van der Waals surface area contributed by atoms with Gasteiger partial charge in [0.05, 0.1) is 11.3 Å². The standard InChI is InChI=1S/C8H9F3N2.2C2H6/c1-4-3-6(12)13-5(2)7(4)8(9,10)11;2*1-2/h3H,1-2H3,(H2,12,13);2*1-2H3. The quantitative estimate of drug-likeness (QED) is 0.743. The van der Waals surface area contributed by atoms with Crippen LogP contribution in [0.1, 0.15) is 44.5 Å². The van der Waals surface area contributed by atoms with E-state index in [4.69, 9.17) is 5.73 Å². The van der Waals surface area contributed by atoms with Gasteiger partial charge in [0.15, 0.2) is 0 Å². The first-order chi connectivity index (χ1) is 7.82. The van der Waals surface area contributed by atoms with Gasteiger partial charge in [-0.05, 0) is 25.5 Å². The first-order valence-corrected chi connectivity index (χ1v) is 5.63. The van der Waals surface area contributed by atoms with Crippen LogP contribution < -0.4 is 5.73 Å². The van der Waals surface area contributed by atoms with Crippen molar-refractivity contribution in [2.75, 3.05) is 5.73 Å². The van der Waals surface area contributed by atoms with Crippen LogP contribution in [-0.2, 0) is 6.18 Å². The number of pyridine rings is 1. The first kappa shape index (κ1) is 18.1. The highest BCUT2D eigenvalue weighted by Crippen LogP contribution is 2.33. The van der Waals surface area contributed by atoms with Gasteiger partial charge in [-0.25, -0.2) is 4.98 Å². The molecule has 0 aromatic carbocycles. The van der Waals surface area contributed by atoms with Crippen molar-refractivity contribution < 1.29 is 13.2 Å². The number of nitrogens with zero attached hydrogens (tertiary/aromatic N) is 1. The summed E-state index contributed by atoms with van der Waals surface area (Å²) < 4.78 is 37.1. The Morgan fingerprint density at radius 1 is 1.06 bits per heavy atom. The van der Waals surface area contributed by atoms with Crippen molar-refractivity contribution in [1.29, 1.82) is 0 Å². The summed E-state index contributed by atoms with van der Waals surface area (Å²) >= 11 is 0. The minimum Gasteiger partial charge on any atom is -0.384 e. The molecule has 0 bridgehead atoms. The topological polar surface area (TPSA) is 38.9 Å². The van der Waals surface area contributed by atoms with Gasteiger partial charge in [-0.1, -0.05) is 27.7 Å². The van der Waals surface area contributed by atoms with Crippen molar-refractivity contribution in [3.05, 3.63) is 22.9 Å². The largest absolute Gasteiger partial charge is 0.418 e. The second kappa shape index (κ2) is 7.92. The molecular weight excluding hydrogens is 229 g/mol. The van der Waals surface area contributed by atoms with Crippen molar-refractivity contribution in [2.45, 2.75) is 47.7 Å². The SMILES string of the molecule is CC.CC.Cc1cc(N)nc(C)c1C(F)(F)F. The van der Waals surface area contributed by atoms with Crippen LogP contribution in [0.15, 0.2) is 6.07 Å². The Kier molecular flexibility index (Phi) is 8.44. The van der Waals surface area contributed by atoms with E-state index in [-0.39, 0.29) is 17.1 Å². The van der Waals surface area contributed by atoms with Crippen molar-refractivity contribution in [1.82, 2.24) is 4.98 Å². The van der Waals surface area contributed by atoms with E-state index >= 15 is 0 Å². The molecule has 0 unspecified atom stereocenters. The molecule has 0 atom stereocenters. The Morgan fingerprint density at radius 2 is 1.47 bits per heavy atom. The number of nitrogen functional groups attached to an aromatic ring is 1. The maximum Gasteiger partial charge on any atom is 0.418 e. The van der Waals surface area contributed by atoms with Crippen LogP contribution in [0.4, 0.5) is 19.0 Å². The summed E-state index contributed by atoms with van der Waals surface area (Å²) in [7, 11) is 0. The summed E-state index contributed by atoms with van der Waals surface area (Å²) in [6, 6.07) is 1.22. The van der Waals surface area contributed by atoms with Gasteiger partial charge in [0.1, 0.15) is 5.82 Å². The highest BCUT2D eigenvalue weighted by molar-refractivity contribution is 5.41. The zero-order valence-corrected chi connectivity index (χ0v) is 11.2. The number of aryl methyl sites for hydroxylation is 2. The molecule has 100 valence electrons. The lowest BCUT2D eigenvalue weighted by Crippen LogP contribution is -2.12. The van der Waals surface area contributed by atoms with Crippen LogP contribution in [0.2, 0.25) is 0 Å². The van der Waals surface area contributed by atoms with Gasteiger partial charge in [0.2, 0.25) is 0 Å². The number of alkyl halides is 3. The maximum atomic E-state index is 12.4. The third kappa shape index (κ3) is 5.56. The fraction of sp³-hybridized carbons (Fsp3) is 0.583. The predicted octanol–water partition coefficient (Wildman–Crippen LogP) is 4.35. The van der Waals surface area contributed by atoms with Crippen LogP contribution in [0, 0.1) is 13.8 Å². The highest BCUT2D eigenvalue weighted by atomic mass is 19.4. The molecule has 1 aromatic rings. The van der Waals surface area contributed by atoms with Crippen molar-refractivity contribution in [3.63, 3.8) is 0 Å². The molecule has 0 radical (unpaired) electrons. The van der Waals surface area contributed by atoms with Gasteiger partial charge in [0, 0.05) is 0 Å².